The van der Waals surface area contributed by atoms with Crippen LogP contribution in [0.1, 0.15) is 68.0 Å². The van der Waals surface area contributed by atoms with Crippen LogP contribution in [0, 0.1) is 0 Å². The summed E-state index contributed by atoms with van der Waals surface area (Å²) in [6, 6.07) is 0. The van der Waals surface area contributed by atoms with Gasteiger partial charge in [-0.25, -0.2) is 4.98 Å². The van der Waals surface area contributed by atoms with Gasteiger partial charge in [0, 0.05) is 6.42 Å². The third kappa shape index (κ3) is 3.96. The Balaban J connectivity index is 1.63. The molecule has 11 nitrogen and oxygen atoms in total. The van der Waals surface area contributed by atoms with E-state index in [1.54, 1.807) is 6.33 Å². The molecular formula is C25H43N5O6Si2. The zero-order chi connectivity index (χ0) is 27.6. The second kappa shape index (κ2) is 9.79. The van der Waals surface area contributed by atoms with E-state index < -0.39 is 29.0 Å². The van der Waals surface area contributed by atoms with Gasteiger partial charge in [-0.2, -0.15) is 9.97 Å². The SMILES string of the molecule is COc1nc(N)nc2c1ncn2[C@@H]1O[C@@H]2CO[Si](C(C)C)(C(C)C)O[Si](C(C)C)(C(C)C)O[C@H]2[C@@]12CCO2. The van der Waals surface area contributed by atoms with Gasteiger partial charge in [0.15, 0.2) is 17.4 Å². The normalized spacial score (nSPS) is 30.7. The van der Waals surface area contributed by atoms with Crippen molar-refractivity contribution in [2.45, 2.75) is 108 Å². The molecule has 212 valence electrons. The van der Waals surface area contributed by atoms with Crippen molar-refractivity contribution in [1.29, 1.82) is 0 Å². The Morgan fingerprint density at radius 3 is 2.18 bits per heavy atom. The Morgan fingerprint density at radius 1 is 1.03 bits per heavy atom. The number of aromatic nitrogens is 4. The molecule has 2 aromatic heterocycles. The Labute approximate surface area is 227 Å². The lowest BCUT2D eigenvalue weighted by atomic mass is 9.86. The number of methoxy groups -OCH3 is 1. The number of rotatable bonds is 6. The molecule has 4 atom stereocenters. The third-order valence-corrected chi connectivity index (χ3v) is 18.8. The third-order valence-electron chi connectivity index (χ3n) is 8.58. The van der Waals surface area contributed by atoms with Crippen molar-refractivity contribution in [3.05, 3.63) is 6.33 Å². The van der Waals surface area contributed by atoms with E-state index in [2.05, 4.69) is 70.3 Å². The topological polar surface area (TPSA) is 125 Å². The first-order chi connectivity index (χ1) is 17.9. The molecule has 0 aliphatic carbocycles. The highest BCUT2D eigenvalue weighted by Crippen LogP contribution is 2.55. The number of nitrogens with two attached hydrogens (primary N) is 1. The number of nitrogen functional groups attached to an aromatic ring is 1. The Morgan fingerprint density at radius 2 is 1.66 bits per heavy atom. The van der Waals surface area contributed by atoms with Crippen LogP contribution in [0.25, 0.3) is 11.2 Å². The van der Waals surface area contributed by atoms with E-state index >= 15 is 0 Å². The van der Waals surface area contributed by atoms with Crippen LogP contribution in [-0.4, -0.2) is 74.8 Å². The minimum atomic E-state index is -2.84. The largest absolute Gasteiger partial charge is 0.479 e. The van der Waals surface area contributed by atoms with Gasteiger partial charge in [0.2, 0.25) is 11.8 Å². The molecule has 0 bridgehead atoms. The van der Waals surface area contributed by atoms with Gasteiger partial charge in [-0.1, -0.05) is 55.4 Å². The van der Waals surface area contributed by atoms with Crippen molar-refractivity contribution in [1.82, 2.24) is 19.5 Å². The molecule has 0 unspecified atom stereocenters. The van der Waals surface area contributed by atoms with E-state index in [-0.39, 0.29) is 40.3 Å². The number of hydrogen-bond donors (Lipinski definition) is 1. The average molecular weight is 566 g/mol. The molecule has 0 saturated carbocycles. The molecule has 0 radical (unpaired) electrons. The lowest BCUT2D eigenvalue weighted by Crippen LogP contribution is -2.68. The van der Waals surface area contributed by atoms with E-state index in [0.29, 0.717) is 30.3 Å². The van der Waals surface area contributed by atoms with Crippen molar-refractivity contribution < 1.29 is 27.2 Å². The first-order valence-electron chi connectivity index (χ1n) is 13.8. The molecule has 38 heavy (non-hydrogen) atoms. The molecule has 3 fully saturated rings. The minimum absolute atomic E-state index is 0.104. The van der Waals surface area contributed by atoms with Crippen LogP contribution >= 0.6 is 0 Å². The summed E-state index contributed by atoms with van der Waals surface area (Å²) < 4.78 is 42.2. The number of nitrogens with zero attached hydrogens (tertiary/aromatic N) is 4. The molecule has 5 rings (SSSR count). The number of imidazole rings is 1. The summed E-state index contributed by atoms with van der Waals surface area (Å²) in [5, 5.41) is 0. The maximum Gasteiger partial charge on any atom is 0.335 e. The average Bonchev–Trinajstić information content (AvgIpc) is 3.36. The van der Waals surface area contributed by atoms with Gasteiger partial charge >= 0.3 is 17.1 Å². The van der Waals surface area contributed by atoms with Crippen molar-refractivity contribution in [3.8, 4) is 5.88 Å². The van der Waals surface area contributed by atoms with Crippen molar-refractivity contribution in [3.63, 3.8) is 0 Å². The van der Waals surface area contributed by atoms with Gasteiger partial charge in [0.25, 0.3) is 0 Å². The number of anilines is 1. The number of hydrogen-bond acceptors (Lipinski definition) is 10. The fourth-order valence-electron chi connectivity index (χ4n) is 6.51. The predicted molar refractivity (Wildman–Crippen MR) is 147 cm³/mol. The van der Waals surface area contributed by atoms with Crippen LogP contribution in [0.2, 0.25) is 22.2 Å². The molecule has 2 N–H and O–H groups in total. The van der Waals surface area contributed by atoms with Crippen LogP contribution < -0.4 is 10.5 Å². The van der Waals surface area contributed by atoms with E-state index in [9.17, 15) is 0 Å². The minimum Gasteiger partial charge on any atom is -0.479 e. The smallest absolute Gasteiger partial charge is 0.335 e. The van der Waals surface area contributed by atoms with E-state index in [0.717, 1.165) is 6.42 Å². The quantitative estimate of drug-likeness (QED) is 0.503. The molecule has 1 spiro atoms. The summed E-state index contributed by atoms with van der Waals surface area (Å²) in [6.45, 7) is 18.8. The van der Waals surface area contributed by atoms with E-state index in [4.69, 9.17) is 32.9 Å². The Hall–Kier alpha value is -1.62. The summed E-state index contributed by atoms with van der Waals surface area (Å²) in [7, 11) is -3.99. The zero-order valence-corrected chi connectivity index (χ0v) is 26.1. The fraction of sp³-hybridized carbons (Fsp3) is 0.800. The molecule has 0 aromatic carbocycles. The lowest BCUT2D eigenvalue weighted by molar-refractivity contribution is -0.224. The highest BCUT2D eigenvalue weighted by Gasteiger charge is 2.68. The predicted octanol–water partition coefficient (Wildman–Crippen LogP) is 4.43. The second-order valence-electron chi connectivity index (χ2n) is 12.0. The maximum atomic E-state index is 7.37. The second-order valence-corrected chi connectivity index (χ2v) is 20.9. The van der Waals surface area contributed by atoms with Gasteiger partial charge in [-0.15, -0.1) is 0 Å². The van der Waals surface area contributed by atoms with Gasteiger partial charge in [-0.3, -0.25) is 4.57 Å². The molecule has 5 heterocycles. The Kier molecular flexibility index (Phi) is 7.19. The van der Waals surface area contributed by atoms with Crippen molar-refractivity contribution in [2.75, 3.05) is 26.1 Å². The summed E-state index contributed by atoms with van der Waals surface area (Å²) in [5.41, 5.74) is 7.26. The first kappa shape index (κ1) is 27.9. The number of ether oxygens (including phenoxy) is 3. The molecular weight excluding hydrogens is 522 g/mol. The lowest BCUT2D eigenvalue weighted by Gasteiger charge is -2.54. The van der Waals surface area contributed by atoms with Gasteiger partial charge in [-0.05, 0) is 22.2 Å². The van der Waals surface area contributed by atoms with Crippen molar-refractivity contribution >= 4 is 34.2 Å². The van der Waals surface area contributed by atoms with Gasteiger partial charge in [0.05, 0.1) is 26.7 Å². The van der Waals surface area contributed by atoms with E-state index in [1.165, 1.54) is 7.11 Å². The van der Waals surface area contributed by atoms with Crippen LogP contribution in [-0.2, 0) is 22.4 Å². The maximum absolute atomic E-state index is 7.37. The molecule has 3 aliphatic heterocycles. The molecule has 0 amide bonds. The van der Waals surface area contributed by atoms with Crippen LogP contribution in [0.15, 0.2) is 6.33 Å². The fourth-order valence-corrected chi connectivity index (χ4v) is 17.8. The van der Waals surface area contributed by atoms with Crippen LogP contribution in [0.3, 0.4) is 0 Å². The zero-order valence-electron chi connectivity index (χ0n) is 24.1. The standard InChI is InChI=1S/C25H43N5O6Si2/c1-14(2)37(15(3)4)33-12-18-20(35-38(36-37,16(5)6)17(7)8)25(10-11-32-25)23(34-18)30-13-27-19-21(30)28-24(26)29-22(19)31-9/h13-18,20,23H,10-12H2,1-9H3,(H2,26,28,29)/t18-,20-,23-,25+/m1/s1. The molecule has 3 aliphatic rings. The van der Waals surface area contributed by atoms with Crippen LogP contribution in [0.5, 0.6) is 5.88 Å². The monoisotopic (exact) mass is 565 g/mol. The highest BCUT2D eigenvalue weighted by atomic mass is 28.5. The van der Waals surface area contributed by atoms with E-state index in [1.807, 2.05) is 4.57 Å². The summed E-state index contributed by atoms with van der Waals surface area (Å²) in [4.78, 5) is 13.2. The van der Waals surface area contributed by atoms with Gasteiger partial charge < -0.3 is 32.9 Å². The summed E-state index contributed by atoms with van der Waals surface area (Å²) in [6.07, 6.45) is 1.24. The first-order valence-corrected chi connectivity index (χ1v) is 17.7. The molecule has 3 saturated heterocycles. The highest BCUT2D eigenvalue weighted by molar-refractivity contribution is 6.84. The number of fused-ring (bicyclic) bond motifs is 3. The molecule has 2 aromatic rings. The summed E-state index contributed by atoms with van der Waals surface area (Å²) in [5.74, 6) is 0.426. The molecule has 13 heteroatoms. The van der Waals surface area contributed by atoms with Crippen molar-refractivity contribution in [2.24, 2.45) is 0 Å². The van der Waals surface area contributed by atoms with Gasteiger partial charge in [0.1, 0.15) is 17.8 Å². The van der Waals surface area contributed by atoms with Crippen LogP contribution in [0.4, 0.5) is 5.95 Å². The Bertz CT molecular complexity index is 1150. The summed E-state index contributed by atoms with van der Waals surface area (Å²) >= 11 is 0.